The molecule has 0 amide bonds. The second kappa shape index (κ2) is 5.63. The van der Waals surface area contributed by atoms with Crippen molar-refractivity contribution in [1.29, 1.82) is 0 Å². The molecular weight excluding hydrogens is 284 g/mol. The first-order chi connectivity index (χ1) is 7.72. The van der Waals surface area contributed by atoms with E-state index < -0.39 is 0 Å². The Morgan fingerprint density at radius 2 is 2.50 bits per heavy atom. The molecule has 2 atom stereocenters. The maximum absolute atomic E-state index is 3.53. The second-order valence-electron chi connectivity index (χ2n) is 4.32. The van der Waals surface area contributed by atoms with Crippen LogP contribution in [0.1, 0.15) is 31.2 Å². The Morgan fingerprint density at radius 3 is 3.00 bits per heavy atom. The molecule has 1 aliphatic rings. The third kappa shape index (κ3) is 2.67. The minimum atomic E-state index is 0.534. The van der Waals surface area contributed by atoms with Crippen LogP contribution < -0.4 is 5.32 Å². The van der Waals surface area contributed by atoms with Crippen molar-refractivity contribution in [2.45, 2.75) is 32.4 Å². The molecule has 0 bridgehead atoms. The highest BCUT2D eigenvalue weighted by Crippen LogP contribution is 2.31. The van der Waals surface area contributed by atoms with Gasteiger partial charge in [0, 0.05) is 33.4 Å². The Bertz CT molecular complexity index is 334. The number of thiophene rings is 1. The summed E-state index contributed by atoms with van der Waals surface area (Å²) < 4.78 is 1.21. The highest BCUT2D eigenvalue weighted by atomic mass is 79.9. The number of nitrogens with one attached hydrogen (secondary N) is 1. The zero-order chi connectivity index (χ0) is 11.5. The lowest BCUT2D eigenvalue weighted by molar-refractivity contribution is 0.165. The average Bonchev–Trinajstić information content (AvgIpc) is 2.90. The summed E-state index contributed by atoms with van der Waals surface area (Å²) >= 11 is 5.39. The van der Waals surface area contributed by atoms with Crippen molar-refractivity contribution in [1.82, 2.24) is 10.2 Å². The molecule has 90 valence electrons. The zero-order valence-electron chi connectivity index (χ0n) is 9.87. The van der Waals surface area contributed by atoms with Crippen molar-refractivity contribution in [3.05, 3.63) is 20.8 Å². The number of halogens is 1. The Balaban J connectivity index is 2.08. The molecular formula is C12H19BrN2S. The fraction of sp³-hybridized carbons (Fsp3) is 0.667. The van der Waals surface area contributed by atoms with Gasteiger partial charge >= 0.3 is 0 Å². The van der Waals surface area contributed by atoms with E-state index >= 15 is 0 Å². The largest absolute Gasteiger partial charge is 0.315 e. The van der Waals surface area contributed by atoms with Crippen molar-refractivity contribution >= 4 is 27.3 Å². The second-order valence-corrected chi connectivity index (χ2v) is 6.18. The Labute approximate surface area is 110 Å². The van der Waals surface area contributed by atoms with Crippen LogP contribution in [-0.4, -0.2) is 30.6 Å². The molecule has 1 aromatic rings. The fourth-order valence-electron chi connectivity index (χ4n) is 2.48. The summed E-state index contributed by atoms with van der Waals surface area (Å²) in [7, 11) is 0. The van der Waals surface area contributed by atoms with Crippen LogP contribution in [0.15, 0.2) is 15.9 Å². The average molecular weight is 303 g/mol. The number of rotatable bonds is 4. The molecule has 1 saturated heterocycles. The van der Waals surface area contributed by atoms with E-state index in [0.717, 1.165) is 13.1 Å². The molecule has 2 rings (SSSR count). The van der Waals surface area contributed by atoms with Gasteiger partial charge in [-0.25, -0.2) is 0 Å². The molecule has 1 N–H and O–H groups in total. The number of nitrogens with zero attached hydrogens (tertiary/aromatic N) is 1. The van der Waals surface area contributed by atoms with Crippen LogP contribution in [0.3, 0.4) is 0 Å². The summed E-state index contributed by atoms with van der Waals surface area (Å²) in [5, 5.41) is 5.62. The van der Waals surface area contributed by atoms with Gasteiger partial charge in [0.25, 0.3) is 0 Å². The van der Waals surface area contributed by atoms with Crippen molar-refractivity contribution in [3.63, 3.8) is 0 Å². The van der Waals surface area contributed by atoms with E-state index in [-0.39, 0.29) is 0 Å². The first-order valence-electron chi connectivity index (χ1n) is 5.92. The Hall–Kier alpha value is 0.1000. The van der Waals surface area contributed by atoms with Gasteiger partial charge in [-0.1, -0.05) is 6.92 Å². The van der Waals surface area contributed by atoms with Gasteiger partial charge in [-0.05, 0) is 48.4 Å². The van der Waals surface area contributed by atoms with E-state index in [0.29, 0.717) is 12.1 Å². The van der Waals surface area contributed by atoms with Crippen molar-refractivity contribution in [2.75, 3.05) is 19.6 Å². The first-order valence-corrected chi connectivity index (χ1v) is 7.60. The van der Waals surface area contributed by atoms with Gasteiger partial charge in [0.2, 0.25) is 0 Å². The van der Waals surface area contributed by atoms with E-state index in [2.05, 4.69) is 51.4 Å². The van der Waals surface area contributed by atoms with Crippen LogP contribution in [0.5, 0.6) is 0 Å². The summed E-state index contributed by atoms with van der Waals surface area (Å²) in [5.41, 5.74) is 0. The molecule has 1 aliphatic heterocycles. The van der Waals surface area contributed by atoms with Crippen LogP contribution >= 0.6 is 27.3 Å². The molecule has 16 heavy (non-hydrogen) atoms. The SMILES string of the molecule is CCN(C1CCNC1)C(C)c1cc(Br)cs1. The molecule has 0 saturated carbocycles. The van der Waals surface area contributed by atoms with Crippen LogP contribution in [0.4, 0.5) is 0 Å². The maximum atomic E-state index is 3.53. The maximum Gasteiger partial charge on any atom is 0.0417 e. The van der Waals surface area contributed by atoms with Crippen LogP contribution in [0.2, 0.25) is 0 Å². The van der Waals surface area contributed by atoms with Gasteiger partial charge in [-0.3, -0.25) is 4.90 Å². The van der Waals surface area contributed by atoms with Gasteiger partial charge in [-0.2, -0.15) is 0 Å². The van der Waals surface area contributed by atoms with E-state index in [1.807, 2.05) is 11.3 Å². The molecule has 0 aliphatic carbocycles. The number of hydrogen-bond acceptors (Lipinski definition) is 3. The highest BCUT2D eigenvalue weighted by Gasteiger charge is 2.26. The lowest BCUT2D eigenvalue weighted by atomic mass is 10.1. The molecule has 2 unspecified atom stereocenters. The van der Waals surface area contributed by atoms with E-state index in [1.165, 1.54) is 22.3 Å². The summed E-state index contributed by atoms with van der Waals surface area (Å²) in [6, 6.07) is 3.49. The molecule has 0 radical (unpaired) electrons. The Morgan fingerprint density at radius 1 is 1.69 bits per heavy atom. The molecule has 1 fully saturated rings. The predicted octanol–water partition coefficient (Wildman–Crippen LogP) is 3.26. The summed E-state index contributed by atoms with van der Waals surface area (Å²) in [5.74, 6) is 0. The standard InChI is InChI=1S/C12H19BrN2S/c1-3-15(11-4-5-14-7-11)9(2)12-6-10(13)8-16-12/h6,8-9,11,14H,3-5,7H2,1-2H3. The molecule has 2 nitrogen and oxygen atoms in total. The number of likely N-dealkylation sites (N-methyl/N-ethyl adjacent to an activating group) is 1. The van der Waals surface area contributed by atoms with Crippen LogP contribution in [0.25, 0.3) is 0 Å². The minimum absolute atomic E-state index is 0.534. The smallest absolute Gasteiger partial charge is 0.0417 e. The highest BCUT2D eigenvalue weighted by molar-refractivity contribution is 9.10. The number of hydrogen-bond donors (Lipinski definition) is 1. The third-order valence-corrected chi connectivity index (χ3v) is 5.23. The monoisotopic (exact) mass is 302 g/mol. The van der Waals surface area contributed by atoms with Crippen LogP contribution in [0, 0.1) is 0 Å². The van der Waals surface area contributed by atoms with Gasteiger partial charge in [0.15, 0.2) is 0 Å². The zero-order valence-corrected chi connectivity index (χ0v) is 12.3. The van der Waals surface area contributed by atoms with Crippen molar-refractivity contribution < 1.29 is 0 Å². The molecule has 4 heteroatoms. The quantitative estimate of drug-likeness (QED) is 0.918. The van der Waals surface area contributed by atoms with Crippen molar-refractivity contribution in [3.8, 4) is 0 Å². The van der Waals surface area contributed by atoms with Crippen molar-refractivity contribution in [2.24, 2.45) is 0 Å². The molecule has 2 heterocycles. The van der Waals surface area contributed by atoms with Gasteiger partial charge < -0.3 is 5.32 Å². The minimum Gasteiger partial charge on any atom is -0.315 e. The topological polar surface area (TPSA) is 15.3 Å². The summed E-state index contributed by atoms with van der Waals surface area (Å²) in [6.45, 7) is 8.02. The van der Waals surface area contributed by atoms with Gasteiger partial charge in [0.1, 0.15) is 0 Å². The van der Waals surface area contributed by atoms with E-state index in [9.17, 15) is 0 Å². The lowest BCUT2D eigenvalue weighted by Gasteiger charge is -2.32. The van der Waals surface area contributed by atoms with E-state index in [1.54, 1.807) is 0 Å². The normalized spacial score (nSPS) is 22.9. The Kier molecular flexibility index (Phi) is 4.41. The van der Waals surface area contributed by atoms with Crippen LogP contribution in [-0.2, 0) is 0 Å². The molecule has 0 aromatic carbocycles. The van der Waals surface area contributed by atoms with Gasteiger partial charge in [-0.15, -0.1) is 11.3 Å². The summed E-state index contributed by atoms with van der Waals surface area (Å²) in [6.07, 6.45) is 1.28. The molecule has 1 aromatic heterocycles. The first kappa shape index (κ1) is 12.6. The third-order valence-electron chi connectivity index (χ3n) is 3.37. The van der Waals surface area contributed by atoms with E-state index in [4.69, 9.17) is 0 Å². The van der Waals surface area contributed by atoms with Gasteiger partial charge in [0.05, 0.1) is 0 Å². The summed E-state index contributed by atoms with van der Waals surface area (Å²) in [4.78, 5) is 4.07. The predicted molar refractivity (Wildman–Crippen MR) is 74.1 cm³/mol. The lowest BCUT2D eigenvalue weighted by Crippen LogP contribution is -2.38. The fourth-order valence-corrected chi connectivity index (χ4v) is 4.00. The molecule has 0 spiro atoms.